The minimum absolute atomic E-state index is 1.13. The summed E-state index contributed by atoms with van der Waals surface area (Å²) in [5.41, 5.74) is 14.6. The predicted molar refractivity (Wildman–Crippen MR) is 146 cm³/mol. The zero-order chi connectivity index (χ0) is 23.5. The van der Waals surface area contributed by atoms with Crippen LogP contribution in [0.15, 0.2) is 72.8 Å². The Labute approximate surface area is 197 Å². The molecule has 33 heavy (non-hydrogen) atoms. The third-order valence-corrected chi connectivity index (χ3v) is 6.41. The largest absolute Gasteiger partial charge is 0.388 e. The van der Waals surface area contributed by atoms with Crippen molar-refractivity contribution >= 4 is 17.1 Å². The van der Waals surface area contributed by atoms with Gasteiger partial charge in [0.15, 0.2) is 0 Å². The van der Waals surface area contributed by atoms with Gasteiger partial charge in [0, 0.05) is 38.2 Å². The maximum atomic E-state index is 3.25. The molecule has 0 aromatic heterocycles. The first-order valence-electron chi connectivity index (χ1n) is 11.4. The van der Waals surface area contributed by atoms with Gasteiger partial charge in [-0.05, 0) is 125 Å². The molecule has 0 bridgehead atoms. The van der Waals surface area contributed by atoms with Crippen LogP contribution in [0.5, 0.6) is 0 Å². The van der Waals surface area contributed by atoms with Crippen molar-refractivity contribution in [2.75, 3.05) is 37.1 Å². The second-order valence-electron chi connectivity index (χ2n) is 8.64. The highest BCUT2D eigenvalue weighted by atomic mass is 14.8. The van der Waals surface area contributed by atoms with Crippen molar-refractivity contribution in [1.82, 2.24) is 0 Å². The smallest absolute Gasteiger partial charge is 0.0340 e. The van der Waals surface area contributed by atoms with Gasteiger partial charge in [0.1, 0.15) is 0 Å². The summed E-state index contributed by atoms with van der Waals surface area (Å²) in [7, 11) is 5.88. The third kappa shape index (κ3) is 4.58. The minimum Gasteiger partial charge on any atom is -0.388 e. The van der Waals surface area contributed by atoms with Crippen LogP contribution in [-0.2, 0) is 0 Å². The molecule has 0 fully saturated rings. The second kappa shape index (κ2) is 9.41. The molecule has 0 aliphatic rings. The summed E-state index contributed by atoms with van der Waals surface area (Å²) in [6, 6.07) is 26.7. The Hall–Kier alpha value is -3.72. The van der Waals surface area contributed by atoms with Gasteiger partial charge in [0.05, 0.1) is 0 Å². The molecule has 0 aliphatic carbocycles. The molecule has 0 unspecified atom stereocenters. The van der Waals surface area contributed by atoms with Crippen LogP contribution < -0.4 is 16.0 Å². The molecule has 0 aliphatic heterocycles. The monoisotopic (exact) mass is 435 g/mol. The van der Waals surface area contributed by atoms with E-state index in [1.165, 1.54) is 50.1 Å². The molecule has 3 nitrogen and oxygen atoms in total. The van der Waals surface area contributed by atoms with Crippen molar-refractivity contribution in [1.29, 1.82) is 0 Å². The highest BCUT2D eigenvalue weighted by Crippen LogP contribution is 2.37. The zero-order valence-corrected chi connectivity index (χ0v) is 20.4. The topological polar surface area (TPSA) is 36.1 Å². The van der Waals surface area contributed by atoms with E-state index >= 15 is 0 Å². The Bertz CT molecular complexity index is 1130. The van der Waals surface area contributed by atoms with Gasteiger partial charge < -0.3 is 16.0 Å². The van der Waals surface area contributed by atoms with E-state index < -0.39 is 0 Å². The lowest BCUT2D eigenvalue weighted by atomic mass is 9.89. The Morgan fingerprint density at radius 2 is 0.667 bits per heavy atom. The molecule has 4 aromatic rings. The molecule has 0 radical (unpaired) electrons. The van der Waals surface area contributed by atoms with E-state index in [2.05, 4.69) is 110 Å². The number of nitrogens with one attached hydrogen (secondary N) is 3. The van der Waals surface area contributed by atoms with Crippen LogP contribution in [0.3, 0.4) is 0 Å². The third-order valence-electron chi connectivity index (χ3n) is 6.41. The van der Waals surface area contributed by atoms with Crippen LogP contribution in [0.4, 0.5) is 17.1 Å². The lowest BCUT2D eigenvalue weighted by molar-refractivity contribution is 1.40. The van der Waals surface area contributed by atoms with Gasteiger partial charge in [-0.3, -0.25) is 0 Å². The number of hydrogen-bond acceptors (Lipinski definition) is 3. The molecule has 0 atom stereocenters. The minimum atomic E-state index is 1.13. The number of hydrogen-bond donors (Lipinski definition) is 3. The zero-order valence-electron chi connectivity index (χ0n) is 20.4. The molecule has 4 aromatic carbocycles. The van der Waals surface area contributed by atoms with Crippen molar-refractivity contribution in [3.05, 3.63) is 89.5 Å². The molecule has 0 amide bonds. The fourth-order valence-corrected chi connectivity index (χ4v) is 4.52. The number of anilines is 3. The van der Waals surface area contributed by atoms with Crippen LogP contribution in [0, 0.1) is 20.8 Å². The first kappa shape index (κ1) is 22.5. The van der Waals surface area contributed by atoms with Gasteiger partial charge in [-0.25, -0.2) is 0 Å². The Kier molecular flexibility index (Phi) is 6.41. The normalized spacial score (nSPS) is 10.7. The SMILES string of the molecule is CNc1ccc(-c2cc(-c3ccc(NC)cc3C)cc(-c3ccc(NC)cc3C)c2)c(C)c1. The van der Waals surface area contributed by atoms with Crippen LogP contribution in [0.2, 0.25) is 0 Å². The molecule has 0 heterocycles. The van der Waals surface area contributed by atoms with Crippen LogP contribution in [-0.4, -0.2) is 21.1 Å². The van der Waals surface area contributed by atoms with Gasteiger partial charge in [0.2, 0.25) is 0 Å². The predicted octanol–water partition coefficient (Wildman–Crippen LogP) is 7.74. The average molecular weight is 436 g/mol. The van der Waals surface area contributed by atoms with E-state index in [1.54, 1.807) is 0 Å². The molecule has 3 N–H and O–H groups in total. The molecule has 4 rings (SSSR count). The van der Waals surface area contributed by atoms with Crippen LogP contribution >= 0.6 is 0 Å². The number of aryl methyl sites for hydroxylation is 3. The average Bonchev–Trinajstić information content (AvgIpc) is 2.83. The van der Waals surface area contributed by atoms with Gasteiger partial charge in [-0.1, -0.05) is 18.2 Å². The van der Waals surface area contributed by atoms with Gasteiger partial charge in [0.25, 0.3) is 0 Å². The summed E-state index contributed by atoms with van der Waals surface area (Å²) in [5, 5.41) is 9.74. The maximum Gasteiger partial charge on any atom is 0.0340 e. The highest BCUT2D eigenvalue weighted by molar-refractivity contribution is 5.85. The summed E-state index contributed by atoms with van der Waals surface area (Å²) >= 11 is 0. The molecule has 168 valence electrons. The van der Waals surface area contributed by atoms with Crippen molar-refractivity contribution in [2.45, 2.75) is 20.8 Å². The standard InChI is InChI=1S/C30H33N3/c1-19-13-25(31-4)7-10-28(19)22-16-23(29-11-8-26(32-5)14-20(29)2)18-24(17-22)30-12-9-27(33-6)15-21(30)3/h7-18,31-33H,1-6H3. The summed E-state index contributed by atoms with van der Waals surface area (Å²) in [5.74, 6) is 0. The van der Waals surface area contributed by atoms with Crippen molar-refractivity contribution in [3.63, 3.8) is 0 Å². The first-order chi connectivity index (χ1) is 15.9. The quantitative estimate of drug-likeness (QED) is 0.290. The Morgan fingerprint density at radius 1 is 0.394 bits per heavy atom. The number of benzene rings is 4. The van der Waals surface area contributed by atoms with E-state index in [9.17, 15) is 0 Å². The molecule has 0 saturated heterocycles. The van der Waals surface area contributed by atoms with E-state index in [1.807, 2.05) is 21.1 Å². The first-order valence-corrected chi connectivity index (χ1v) is 11.4. The van der Waals surface area contributed by atoms with Crippen LogP contribution in [0.1, 0.15) is 16.7 Å². The lowest BCUT2D eigenvalue weighted by Gasteiger charge is -2.16. The van der Waals surface area contributed by atoms with E-state index in [0.29, 0.717) is 0 Å². The maximum absolute atomic E-state index is 3.25. The van der Waals surface area contributed by atoms with Crippen molar-refractivity contribution < 1.29 is 0 Å². The fourth-order valence-electron chi connectivity index (χ4n) is 4.52. The summed E-state index contributed by atoms with van der Waals surface area (Å²) < 4.78 is 0. The second-order valence-corrected chi connectivity index (χ2v) is 8.64. The summed E-state index contributed by atoms with van der Waals surface area (Å²) in [4.78, 5) is 0. The Morgan fingerprint density at radius 3 is 0.879 bits per heavy atom. The fraction of sp³-hybridized carbons (Fsp3) is 0.200. The van der Waals surface area contributed by atoms with Gasteiger partial charge >= 0.3 is 0 Å². The number of rotatable bonds is 6. The molecule has 0 saturated carbocycles. The van der Waals surface area contributed by atoms with E-state index in [-0.39, 0.29) is 0 Å². The van der Waals surface area contributed by atoms with E-state index in [0.717, 1.165) is 17.1 Å². The van der Waals surface area contributed by atoms with Crippen molar-refractivity contribution in [2.24, 2.45) is 0 Å². The lowest BCUT2D eigenvalue weighted by Crippen LogP contribution is -1.94. The highest BCUT2D eigenvalue weighted by Gasteiger charge is 2.12. The molecule has 3 heteroatoms. The van der Waals surface area contributed by atoms with Gasteiger partial charge in [-0.15, -0.1) is 0 Å². The molecular formula is C30H33N3. The molecule has 0 spiro atoms. The van der Waals surface area contributed by atoms with Gasteiger partial charge in [-0.2, -0.15) is 0 Å². The summed E-state index contributed by atoms with van der Waals surface area (Å²) in [6.45, 7) is 6.55. The van der Waals surface area contributed by atoms with E-state index in [4.69, 9.17) is 0 Å². The van der Waals surface area contributed by atoms with Crippen LogP contribution in [0.25, 0.3) is 33.4 Å². The van der Waals surface area contributed by atoms with Crippen molar-refractivity contribution in [3.8, 4) is 33.4 Å². The molecular weight excluding hydrogens is 402 g/mol. The summed E-state index contributed by atoms with van der Waals surface area (Å²) in [6.07, 6.45) is 0. The Balaban J connectivity index is 1.94.